The minimum absolute atomic E-state index is 0.0125. The third kappa shape index (κ3) is 7.02. The maximum Gasteiger partial charge on any atom is 0.242 e. The highest BCUT2D eigenvalue weighted by molar-refractivity contribution is 7.99. The van der Waals surface area contributed by atoms with E-state index in [-0.39, 0.29) is 17.9 Å². The molecule has 1 aliphatic rings. The number of carbonyl (C=O) groups excluding carboxylic acids is 2. The monoisotopic (exact) mass is 454 g/mol. The number of hydrogen-bond donors (Lipinski definition) is 1. The van der Waals surface area contributed by atoms with Crippen molar-refractivity contribution < 1.29 is 14.3 Å². The summed E-state index contributed by atoms with van der Waals surface area (Å²) >= 11 is 1.67. The molecule has 1 fully saturated rings. The number of nitrogens with zero attached hydrogens (tertiary/aromatic N) is 1. The van der Waals surface area contributed by atoms with E-state index >= 15 is 0 Å². The van der Waals surface area contributed by atoms with E-state index in [0.717, 1.165) is 41.9 Å². The second-order valence-corrected chi connectivity index (χ2v) is 9.62. The van der Waals surface area contributed by atoms with Gasteiger partial charge < -0.3 is 15.0 Å². The van der Waals surface area contributed by atoms with E-state index in [1.54, 1.807) is 23.8 Å². The van der Waals surface area contributed by atoms with Crippen molar-refractivity contribution in [2.24, 2.45) is 0 Å². The van der Waals surface area contributed by atoms with Crippen LogP contribution in [-0.4, -0.2) is 41.7 Å². The first kappa shape index (κ1) is 24.2. The number of benzene rings is 2. The van der Waals surface area contributed by atoms with Gasteiger partial charge in [0.25, 0.3) is 0 Å². The SMILES string of the molecule is COc1cccc(CN(C(=O)CCSc2ccc(C)cc2)C(C)C(=O)NC2CCCC2)c1. The van der Waals surface area contributed by atoms with Crippen molar-refractivity contribution in [3.63, 3.8) is 0 Å². The van der Waals surface area contributed by atoms with Gasteiger partial charge in [0.2, 0.25) is 11.8 Å². The van der Waals surface area contributed by atoms with Gasteiger partial charge in [-0.2, -0.15) is 0 Å². The second kappa shape index (κ2) is 12.0. The Morgan fingerprint density at radius 1 is 1.16 bits per heavy atom. The van der Waals surface area contributed by atoms with E-state index in [1.165, 1.54) is 5.56 Å². The Bertz CT molecular complexity index is 894. The van der Waals surface area contributed by atoms with Crippen LogP contribution in [0.4, 0.5) is 0 Å². The Balaban J connectivity index is 1.66. The van der Waals surface area contributed by atoms with Crippen molar-refractivity contribution in [1.82, 2.24) is 10.2 Å². The van der Waals surface area contributed by atoms with Gasteiger partial charge in [0.05, 0.1) is 7.11 Å². The van der Waals surface area contributed by atoms with Crippen molar-refractivity contribution in [3.8, 4) is 5.75 Å². The van der Waals surface area contributed by atoms with E-state index in [2.05, 4.69) is 36.5 Å². The summed E-state index contributed by atoms with van der Waals surface area (Å²) in [5, 5.41) is 3.15. The summed E-state index contributed by atoms with van der Waals surface area (Å²) in [6.45, 7) is 4.27. The van der Waals surface area contributed by atoms with Crippen molar-refractivity contribution in [1.29, 1.82) is 0 Å². The zero-order valence-corrected chi connectivity index (χ0v) is 20.1. The molecular formula is C26H34N2O3S. The normalized spacial score (nSPS) is 14.7. The predicted molar refractivity (Wildman–Crippen MR) is 130 cm³/mol. The van der Waals surface area contributed by atoms with Gasteiger partial charge >= 0.3 is 0 Å². The second-order valence-electron chi connectivity index (χ2n) is 8.45. The highest BCUT2D eigenvalue weighted by Gasteiger charge is 2.28. The number of amides is 2. The first-order valence-electron chi connectivity index (χ1n) is 11.4. The highest BCUT2D eigenvalue weighted by Crippen LogP contribution is 2.22. The molecule has 2 aromatic rings. The Hall–Kier alpha value is -2.47. The van der Waals surface area contributed by atoms with Crippen LogP contribution in [-0.2, 0) is 16.1 Å². The smallest absolute Gasteiger partial charge is 0.242 e. The molecule has 0 bridgehead atoms. The van der Waals surface area contributed by atoms with Crippen LogP contribution in [0.2, 0.25) is 0 Å². The van der Waals surface area contributed by atoms with E-state index in [0.29, 0.717) is 18.7 Å². The van der Waals surface area contributed by atoms with Gasteiger partial charge in [-0.15, -0.1) is 11.8 Å². The van der Waals surface area contributed by atoms with Crippen LogP contribution < -0.4 is 10.1 Å². The quantitative estimate of drug-likeness (QED) is 0.516. The fourth-order valence-corrected chi connectivity index (χ4v) is 4.82. The lowest BCUT2D eigenvalue weighted by Gasteiger charge is -2.30. The van der Waals surface area contributed by atoms with Crippen LogP contribution in [0, 0.1) is 6.92 Å². The lowest BCUT2D eigenvalue weighted by Crippen LogP contribution is -2.49. The average molecular weight is 455 g/mol. The number of aryl methyl sites for hydroxylation is 1. The number of carbonyl (C=O) groups is 2. The number of hydrogen-bond acceptors (Lipinski definition) is 4. The molecule has 3 rings (SSSR count). The van der Waals surface area contributed by atoms with Crippen LogP contribution in [0.1, 0.15) is 50.2 Å². The number of methoxy groups -OCH3 is 1. The fourth-order valence-electron chi connectivity index (χ4n) is 3.98. The molecule has 0 aliphatic heterocycles. The molecular weight excluding hydrogens is 420 g/mol. The predicted octanol–water partition coefficient (Wildman–Crippen LogP) is 4.96. The Morgan fingerprint density at radius 3 is 2.56 bits per heavy atom. The number of ether oxygens (including phenoxy) is 1. The van der Waals surface area contributed by atoms with Crippen LogP contribution >= 0.6 is 11.8 Å². The molecule has 0 saturated heterocycles. The molecule has 0 spiro atoms. The lowest BCUT2D eigenvalue weighted by atomic mass is 10.1. The van der Waals surface area contributed by atoms with Gasteiger partial charge in [-0.25, -0.2) is 0 Å². The maximum atomic E-state index is 13.2. The van der Waals surface area contributed by atoms with Crippen molar-refractivity contribution in [2.45, 2.75) is 69.5 Å². The van der Waals surface area contributed by atoms with Gasteiger partial charge in [0, 0.05) is 29.7 Å². The summed E-state index contributed by atoms with van der Waals surface area (Å²) in [6, 6.07) is 15.7. The molecule has 0 heterocycles. The number of thioether (sulfide) groups is 1. The molecule has 32 heavy (non-hydrogen) atoms. The Labute approximate surface area is 195 Å². The third-order valence-electron chi connectivity index (χ3n) is 5.96. The molecule has 172 valence electrons. The molecule has 1 saturated carbocycles. The van der Waals surface area contributed by atoms with E-state index in [4.69, 9.17) is 4.74 Å². The number of nitrogens with one attached hydrogen (secondary N) is 1. The van der Waals surface area contributed by atoms with Gasteiger partial charge in [0.15, 0.2) is 0 Å². The highest BCUT2D eigenvalue weighted by atomic mass is 32.2. The van der Waals surface area contributed by atoms with Gasteiger partial charge in [-0.05, 0) is 56.5 Å². The van der Waals surface area contributed by atoms with Crippen LogP contribution in [0.5, 0.6) is 5.75 Å². The van der Waals surface area contributed by atoms with Crippen LogP contribution in [0.3, 0.4) is 0 Å². The summed E-state index contributed by atoms with van der Waals surface area (Å²) in [7, 11) is 1.63. The molecule has 5 nitrogen and oxygen atoms in total. The van der Waals surface area contributed by atoms with E-state index in [1.807, 2.05) is 31.2 Å². The summed E-state index contributed by atoms with van der Waals surface area (Å²) in [5.41, 5.74) is 2.17. The maximum absolute atomic E-state index is 13.2. The molecule has 1 unspecified atom stereocenters. The molecule has 1 aliphatic carbocycles. The van der Waals surface area contributed by atoms with Gasteiger partial charge in [0.1, 0.15) is 11.8 Å². The van der Waals surface area contributed by atoms with Crippen molar-refractivity contribution >= 4 is 23.6 Å². The molecule has 1 atom stereocenters. The minimum Gasteiger partial charge on any atom is -0.497 e. The lowest BCUT2D eigenvalue weighted by molar-refractivity contribution is -0.140. The van der Waals surface area contributed by atoms with Crippen molar-refractivity contribution in [3.05, 3.63) is 59.7 Å². The zero-order valence-electron chi connectivity index (χ0n) is 19.3. The fraction of sp³-hybridized carbons (Fsp3) is 0.462. The van der Waals surface area contributed by atoms with Crippen molar-refractivity contribution in [2.75, 3.05) is 12.9 Å². The molecule has 2 aromatic carbocycles. The molecule has 0 radical (unpaired) electrons. The first-order chi connectivity index (χ1) is 15.5. The Kier molecular flexibility index (Phi) is 9.03. The van der Waals surface area contributed by atoms with E-state index < -0.39 is 6.04 Å². The molecule has 0 aromatic heterocycles. The largest absolute Gasteiger partial charge is 0.497 e. The van der Waals surface area contributed by atoms with Crippen LogP contribution in [0.15, 0.2) is 53.4 Å². The minimum atomic E-state index is -0.529. The topological polar surface area (TPSA) is 58.6 Å². The average Bonchev–Trinajstić information content (AvgIpc) is 3.31. The summed E-state index contributed by atoms with van der Waals surface area (Å²) < 4.78 is 5.33. The molecule has 2 amide bonds. The van der Waals surface area contributed by atoms with E-state index in [9.17, 15) is 9.59 Å². The van der Waals surface area contributed by atoms with Gasteiger partial charge in [-0.1, -0.05) is 42.7 Å². The Morgan fingerprint density at radius 2 is 1.88 bits per heavy atom. The zero-order chi connectivity index (χ0) is 22.9. The standard InChI is InChI=1S/C26H34N2O3S/c1-19-11-13-24(14-12-19)32-16-15-25(29)28(18-21-7-6-10-23(17-21)31-3)20(2)26(30)27-22-8-4-5-9-22/h6-7,10-14,17,20,22H,4-5,8-9,15-16,18H2,1-3H3,(H,27,30). The summed E-state index contributed by atoms with van der Waals surface area (Å²) in [6.07, 6.45) is 4.73. The first-order valence-corrected chi connectivity index (χ1v) is 12.4. The van der Waals surface area contributed by atoms with Gasteiger partial charge in [-0.3, -0.25) is 9.59 Å². The summed E-state index contributed by atoms with van der Waals surface area (Å²) in [5.74, 6) is 1.33. The molecule has 6 heteroatoms. The number of rotatable bonds is 10. The van der Waals surface area contributed by atoms with Crippen LogP contribution in [0.25, 0.3) is 0 Å². The summed E-state index contributed by atoms with van der Waals surface area (Å²) in [4.78, 5) is 29.0. The third-order valence-corrected chi connectivity index (χ3v) is 6.98. The molecule has 1 N–H and O–H groups in total.